The zero-order valence-electron chi connectivity index (χ0n) is 8.71. The van der Waals surface area contributed by atoms with E-state index in [0.717, 1.165) is 6.07 Å². The molecule has 0 saturated carbocycles. The molecule has 0 unspecified atom stereocenters. The van der Waals surface area contributed by atoms with Crippen molar-refractivity contribution in [1.29, 1.82) is 0 Å². The van der Waals surface area contributed by atoms with Crippen molar-refractivity contribution in [3.05, 3.63) is 33.8 Å². The van der Waals surface area contributed by atoms with Gasteiger partial charge in [-0.3, -0.25) is 4.79 Å². The number of carbonyl (C=O) groups is 1. The van der Waals surface area contributed by atoms with Crippen LogP contribution in [-0.4, -0.2) is 25.2 Å². The third kappa shape index (κ3) is 2.98. The molecule has 2 N–H and O–H groups in total. The Morgan fingerprint density at radius 3 is 2.59 bits per heavy atom. The maximum Gasteiger partial charge on any atom is 0.328 e. The van der Waals surface area contributed by atoms with E-state index in [-0.39, 0.29) is 21.0 Å². The number of benzene rings is 1. The molecule has 0 heterocycles. The Hall–Kier alpha value is -1.53. The molecule has 0 atom stereocenters. The maximum absolute atomic E-state index is 11.4. The van der Waals surface area contributed by atoms with Crippen molar-refractivity contribution in [2.24, 2.45) is 5.14 Å². The quantitative estimate of drug-likeness (QED) is 0.380. The molecule has 1 aromatic carbocycles. The van der Waals surface area contributed by atoms with Crippen molar-refractivity contribution in [3.8, 4) is 0 Å². The van der Waals surface area contributed by atoms with Crippen molar-refractivity contribution < 1.29 is 18.0 Å². The summed E-state index contributed by atoms with van der Waals surface area (Å²) in [6.45, 7) is 1.47. The molecular formula is C9H8ClN3O3S. The van der Waals surface area contributed by atoms with Crippen molar-refractivity contribution >= 4 is 33.6 Å². The first kappa shape index (κ1) is 13.5. The summed E-state index contributed by atoms with van der Waals surface area (Å²) >= 11 is 5.79. The number of hydrogen-bond donors (Lipinski definition) is 1. The van der Waals surface area contributed by atoms with Crippen molar-refractivity contribution in [2.75, 3.05) is 0 Å². The van der Waals surface area contributed by atoms with Crippen LogP contribution in [0, 0.1) is 6.92 Å². The highest BCUT2D eigenvalue weighted by Crippen LogP contribution is 2.24. The fourth-order valence-electron chi connectivity index (χ4n) is 1.22. The minimum atomic E-state index is -3.97. The Labute approximate surface area is 103 Å². The fraction of sp³-hybridized carbons (Fsp3) is 0.111. The lowest BCUT2D eigenvalue weighted by atomic mass is 10.1. The normalized spacial score (nSPS) is 10.8. The highest BCUT2D eigenvalue weighted by molar-refractivity contribution is 7.89. The van der Waals surface area contributed by atoms with Crippen LogP contribution in [0.25, 0.3) is 5.53 Å². The molecule has 0 fully saturated rings. The zero-order valence-corrected chi connectivity index (χ0v) is 10.3. The van der Waals surface area contributed by atoms with E-state index in [9.17, 15) is 13.2 Å². The Morgan fingerprint density at radius 1 is 1.53 bits per heavy atom. The number of halogens is 1. The van der Waals surface area contributed by atoms with Crippen LogP contribution >= 0.6 is 11.6 Å². The second-order valence-electron chi connectivity index (χ2n) is 3.24. The predicted octanol–water partition coefficient (Wildman–Crippen LogP) is 0.779. The van der Waals surface area contributed by atoms with Crippen LogP contribution in [0.5, 0.6) is 0 Å². The van der Waals surface area contributed by atoms with E-state index >= 15 is 0 Å². The minimum absolute atomic E-state index is 0.0255. The van der Waals surface area contributed by atoms with Crippen molar-refractivity contribution in [1.82, 2.24) is 0 Å². The zero-order chi connectivity index (χ0) is 13.2. The lowest BCUT2D eigenvalue weighted by molar-refractivity contribution is 0.00234. The summed E-state index contributed by atoms with van der Waals surface area (Å²) in [4.78, 5) is 13.7. The number of hydrogen-bond acceptors (Lipinski definition) is 3. The smallest absolute Gasteiger partial charge is 0.328 e. The number of ketones is 1. The number of sulfonamides is 1. The van der Waals surface area contributed by atoms with E-state index in [1.54, 1.807) is 0 Å². The fourth-order valence-corrected chi connectivity index (χ4v) is 2.32. The van der Waals surface area contributed by atoms with Gasteiger partial charge in [-0.25, -0.2) is 13.6 Å². The van der Waals surface area contributed by atoms with Crippen LogP contribution in [0.3, 0.4) is 0 Å². The van der Waals surface area contributed by atoms with Crippen LogP contribution in [0.1, 0.15) is 15.9 Å². The number of primary sulfonamides is 1. The Balaban J connectivity index is 3.55. The van der Waals surface area contributed by atoms with Crippen molar-refractivity contribution in [2.45, 2.75) is 11.8 Å². The number of nitrogens with zero attached hydrogens (tertiary/aromatic N) is 2. The van der Waals surface area contributed by atoms with Crippen LogP contribution in [0.15, 0.2) is 17.0 Å². The molecule has 90 valence electrons. The van der Waals surface area contributed by atoms with E-state index in [0.29, 0.717) is 6.21 Å². The third-order valence-corrected chi connectivity index (χ3v) is 3.49. The molecule has 0 aliphatic heterocycles. The first-order valence-corrected chi connectivity index (χ1v) is 6.24. The first-order chi connectivity index (χ1) is 7.77. The summed E-state index contributed by atoms with van der Waals surface area (Å²) in [6, 6.07) is 2.36. The van der Waals surface area contributed by atoms with Gasteiger partial charge in [-0.15, -0.1) is 0 Å². The van der Waals surface area contributed by atoms with E-state index in [2.05, 4.69) is 4.79 Å². The van der Waals surface area contributed by atoms with Gasteiger partial charge in [0, 0.05) is 10.6 Å². The van der Waals surface area contributed by atoms with Gasteiger partial charge in [-0.1, -0.05) is 11.6 Å². The summed E-state index contributed by atoms with van der Waals surface area (Å²) in [6.07, 6.45) is 0.633. The summed E-state index contributed by atoms with van der Waals surface area (Å²) in [5.41, 5.74) is 8.45. The van der Waals surface area contributed by atoms with E-state index in [1.165, 1.54) is 13.0 Å². The van der Waals surface area contributed by atoms with E-state index in [1.807, 2.05) is 0 Å². The van der Waals surface area contributed by atoms with E-state index in [4.69, 9.17) is 22.3 Å². The van der Waals surface area contributed by atoms with Crippen molar-refractivity contribution in [3.63, 3.8) is 0 Å². The molecule has 0 saturated heterocycles. The van der Waals surface area contributed by atoms with Gasteiger partial charge in [0.05, 0.1) is 4.90 Å². The maximum atomic E-state index is 11.4. The summed E-state index contributed by atoms with van der Waals surface area (Å²) in [7, 11) is -3.97. The molecule has 0 amide bonds. The third-order valence-electron chi connectivity index (χ3n) is 2.06. The van der Waals surface area contributed by atoms with Gasteiger partial charge in [0.15, 0.2) is 0 Å². The lowest BCUT2D eigenvalue weighted by Gasteiger charge is -2.06. The van der Waals surface area contributed by atoms with Gasteiger partial charge in [0.1, 0.15) is 0 Å². The van der Waals surface area contributed by atoms with Gasteiger partial charge in [0.25, 0.3) is 5.78 Å². The van der Waals surface area contributed by atoms with E-state index < -0.39 is 15.8 Å². The van der Waals surface area contributed by atoms with Gasteiger partial charge < -0.3 is 5.53 Å². The molecule has 0 aliphatic rings. The van der Waals surface area contributed by atoms with Crippen LogP contribution in [-0.2, 0) is 10.0 Å². The van der Waals surface area contributed by atoms with Crippen LogP contribution in [0.2, 0.25) is 5.02 Å². The van der Waals surface area contributed by atoms with Gasteiger partial charge in [-0.05, 0) is 24.6 Å². The number of Topliss-reactive ketones (excluding diaryl/α,β-unsaturated/α-hetero) is 1. The predicted molar refractivity (Wildman–Crippen MR) is 61.6 cm³/mol. The largest absolute Gasteiger partial charge is 0.361 e. The first-order valence-electron chi connectivity index (χ1n) is 4.32. The molecule has 0 bridgehead atoms. The molecule has 0 aliphatic carbocycles. The summed E-state index contributed by atoms with van der Waals surface area (Å²) in [5.74, 6) is -0.681. The van der Waals surface area contributed by atoms with Crippen LogP contribution in [0.4, 0.5) is 0 Å². The summed E-state index contributed by atoms with van der Waals surface area (Å²) in [5, 5.41) is 5.08. The lowest BCUT2D eigenvalue weighted by Crippen LogP contribution is -2.15. The highest BCUT2D eigenvalue weighted by Gasteiger charge is 2.18. The highest BCUT2D eigenvalue weighted by atomic mass is 35.5. The molecule has 6 nitrogen and oxygen atoms in total. The number of rotatable bonds is 3. The topological polar surface area (TPSA) is 114 Å². The molecule has 8 heteroatoms. The molecule has 1 aromatic rings. The summed E-state index contributed by atoms with van der Waals surface area (Å²) < 4.78 is 22.5. The molecule has 0 spiro atoms. The second-order valence-corrected chi connectivity index (χ2v) is 5.17. The molecule has 1 rings (SSSR count). The van der Waals surface area contributed by atoms with Gasteiger partial charge in [0.2, 0.25) is 10.0 Å². The molecule has 0 radical (unpaired) electrons. The standard InChI is InChI=1S/C9H8ClN3O3S/c1-5-7(10)2-6(8(14)4-13-11)3-9(5)17(12,15)16/h2-4H,1H3,(H2,12,15,16). The Kier molecular flexibility index (Phi) is 3.79. The monoisotopic (exact) mass is 273 g/mol. The van der Waals surface area contributed by atoms with Crippen LogP contribution < -0.4 is 5.14 Å². The minimum Gasteiger partial charge on any atom is -0.361 e. The van der Waals surface area contributed by atoms with Gasteiger partial charge >= 0.3 is 6.21 Å². The second kappa shape index (κ2) is 4.77. The Bertz CT molecular complexity index is 633. The van der Waals surface area contributed by atoms with Gasteiger partial charge in [-0.2, -0.15) is 4.79 Å². The molecule has 0 aromatic heterocycles. The number of nitrogens with two attached hydrogens (primary N) is 1. The molecular weight excluding hydrogens is 266 g/mol. The Morgan fingerprint density at radius 2 is 2.12 bits per heavy atom. The number of carbonyl (C=O) groups excluding carboxylic acids is 1. The average Bonchev–Trinajstić information content (AvgIpc) is 2.20. The molecule has 17 heavy (non-hydrogen) atoms. The average molecular weight is 274 g/mol. The SMILES string of the molecule is Cc1c(Cl)cc(C(=O)C=[N+]=[N-])cc1S(N)(=O)=O.